The summed E-state index contributed by atoms with van der Waals surface area (Å²) in [6.45, 7) is 0.243. The smallest absolute Gasteiger partial charge is 0.258 e. The number of fused-ring (bicyclic) bond motifs is 3. The van der Waals surface area contributed by atoms with Crippen LogP contribution in [0.2, 0.25) is 0 Å². The van der Waals surface area contributed by atoms with Gasteiger partial charge in [0.2, 0.25) is 0 Å². The first-order valence-electron chi connectivity index (χ1n) is 10.5. The van der Waals surface area contributed by atoms with Gasteiger partial charge in [-0.1, -0.05) is 78.9 Å². The van der Waals surface area contributed by atoms with Crippen molar-refractivity contribution in [2.24, 2.45) is 5.10 Å². The van der Waals surface area contributed by atoms with Crippen molar-refractivity contribution in [1.29, 1.82) is 0 Å². The van der Waals surface area contributed by atoms with Crippen LogP contribution in [0.5, 0.6) is 0 Å². The summed E-state index contributed by atoms with van der Waals surface area (Å²) in [4.78, 5) is 21.9. The van der Waals surface area contributed by atoms with Crippen LogP contribution in [0.3, 0.4) is 0 Å². The molecule has 0 spiro atoms. The Labute approximate surface area is 194 Å². The first-order chi connectivity index (χ1) is 16.5. The van der Waals surface area contributed by atoms with Gasteiger partial charge in [-0.3, -0.25) is 25.2 Å². The van der Waals surface area contributed by atoms with Gasteiger partial charge in [0.05, 0.1) is 28.2 Å². The Morgan fingerprint density at radius 3 is 1.79 bits per heavy atom. The van der Waals surface area contributed by atoms with E-state index < -0.39 is 9.85 Å². The number of anilines is 1. The molecule has 0 unspecified atom stereocenters. The number of hydrogen-bond donors (Lipinski definition) is 0. The number of hydrazone groups is 1. The largest absolute Gasteiger partial charge is 0.301 e. The number of non-ortho nitro benzene ring substituents is 1. The lowest BCUT2D eigenvalue weighted by Gasteiger charge is -2.21. The first-order valence-corrected chi connectivity index (χ1v) is 10.5. The van der Waals surface area contributed by atoms with E-state index in [0.29, 0.717) is 5.71 Å². The van der Waals surface area contributed by atoms with E-state index in [1.807, 2.05) is 78.9 Å². The van der Waals surface area contributed by atoms with Crippen molar-refractivity contribution >= 4 is 22.8 Å². The number of hydrogen-bond acceptors (Lipinski definition) is 6. The molecule has 0 radical (unpaired) electrons. The molecule has 0 saturated carbocycles. The Hall–Kier alpha value is -4.85. The molecule has 34 heavy (non-hydrogen) atoms. The predicted molar refractivity (Wildman–Crippen MR) is 130 cm³/mol. The van der Waals surface area contributed by atoms with E-state index in [1.54, 1.807) is 5.01 Å². The summed E-state index contributed by atoms with van der Waals surface area (Å²) in [5, 5.41) is 29.6. The Morgan fingerprint density at radius 2 is 1.24 bits per heavy atom. The molecule has 0 fully saturated rings. The normalized spacial score (nSPS) is 11.5. The second-order valence-corrected chi connectivity index (χ2v) is 7.77. The molecule has 0 aliphatic heterocycles. The van der Waals surface area contributed by atoms with E-state index in [4.69, 9.17) is 5.10 Å². The maximum atomic E-state index is 11.9. The topological polar surface area (TPSA) is 102 Å². The van der Waals surface area contributed by atoms with Crippen LogP contribution < -0.4 is 5.01 Å². The number of nitro benzene ring substituents is 2. The molecule has 0 atom stereocenters. The van der Waals surface area contributed by atoms with Gasteiger partial charge < -0.3 is 0 Å². The number of nitrogens with zero attached hydrogens (tertiary/aromatic N) is 4. The van der Waals surface area contributed by atoms with Crippen LogP contribution in [0.25, 0.3) is 11.1 Å². The zero-order valence-corrected chi connectivity index (χ0v) is 17.9. The van der Waals surface area contributed by atoms with Crippen LogP contribution in [0.1, 0.15) is 16.7 Å². The molecule has 0 aromatic heterocycles. The molecule has 0 heterocycles. The van der Waals surface area contributed by atoms with Crippen molar-refractivity contribution in [3.8, 4) is 11.1 Å². The average Bonchev–Trinajstić information content (AvgIpc) is 3.17. The van der Waals surface area contributed by atoms with Gasteiger partial charge in [0, 0.05) is 17.2 Å². The number of rotatable bonds is 6. The number of benzene rings is 4. The minimum atomic E-state index is -0.645. The molecule has 0 saturated heterocycles. The summed E-state index contributed by atoms with van der Waals surface area (Å²) in [7, 11) is 0. The highest BCUT2D eigenvalue weighted by Crippen LogP contribution is 2.39. The van der Waals surface area contributed by atoms with Gasteiger partial charge in [-0.25, -0.2) is 0 Å². The van der Waals surface area contributed by atoms with Crippen LogP contribution in [0.4, 0.5) is 17.1 Å². The molecule has 0 bridgehead atoms. The summed E-state index contributed by atoms with van der Waals surface area (Å²) in [6, 6.07) is 28.8. The van der Waals surface area contributed by atoms with E-state index >= 15 is 0 Å². The minimum Gasteiger partial charge on any atom is -0.258 e. The fourth-order valence-electron chi connectivity index (χ4n) is 4.14. The van der Waals surface area contributed by atoms with Crippen molar-refractivity contribution in [3.05, 3.63) is 134 Å². The van der Waals surface area contributed by atoms with Gasteiger partial charge in [-0.05, 0) is 22.8 Å². The van der Waals surface area contributed by atoms with Crippen LogP contribution in [0.15, 0.2) is 102 Å². The van der Waals surface area contributed by atoms with E-state index in [9.17, 15) is 20.2 Å². The molecule has 8 nitrogen and oxygen atoms in total. The Balaban J connectivity index is 1.71. The van der Waals surface area contributed by atoms with E-state index in [-0.39, 0.29) is 23.6 Å². The summed E-state index contributed by atoms with van der Waals surface area (Å²) in [6.07, 6.45) is 0. The van der Waals surface area contributed by atoms with Crippen LogP contribution in [0, 0.1) is 20.2 Å². The maximum Gasteiger partial charge on any atom is 0.301 e. The highest BCUT2D eigenvalue weighted by Gasteiger charge is 2.28. The van der Waals surface area contributed by atoms with Gasteiger partial charge in [-0.2, -0.15) is 5.10 Å². The Morgan fingerprint density at radius 1 is 0.676 bits per heavy atom. The second kappa shape index (κ2) is 8.59. The highest BCUT2D eigenvalue weighted by molar-refractivity contribution is 6.24. The molecule has 0 amide bonds. The predicted octanol–water partition coefficient (Wildman–Crippen LogP) is 5.94. The minimum absolute atomic E-state index is 0.175. The molecule has 5 rings (SSSR count). The van der Waals surface area contributed by atoms with Gasteiger partial charge in [0.25, 0.3) is 5.69 Å². The third kappa shape index (κ3) is 3.77. The van der Waals surface area contributed by atoms with Gasteiger partial charge in [0.15, 0.2) is 0 Å². The van der Waals surface area contributed by atoms with Crippen molar-refractivity contribution < 1.29 is 9.85 Å². The summed E-state index contributed by atoms with van der Waals surface area (Å²) in [5.74, 6) is 0. The maximum absolute atomic E-state index is 11.9. The lowest BCUT2D eigenvalue weighted by atomic mass is 10.1. The van der Waals surface area contributed by atoms with Crippen LogP contribution in [-0.4, -0.2) is 15.6 Å². The average molecular weight is 450 g/mol. The third-order valence-electron chi connectivity index (χ3n) is 5.70. The monoisotopic (exact) mass is 450 g/mol. The quantitative estimate of drug-likeness (QED) is 0.235. The van der Waals surface area contributed by atoms with Gasteiger partial charge >= 0.3 is 5.69 Å². The second-order valence-electron chi connectivity index (χ2n) is 7.77. The molecular weight excluding hydrogens is 432 g/mol. The Kier molecular flexibility index (Phi) is 5.31. The molecule has 166 valence electrons. The van der Waals surface area contributed by atoms with Crippen molar-refractivity contribution in [2.45, 2.75) is 6.54 Å². The van der Waals surface area contributed by atoms with Crippen molar-refractivity contribution in [3.63, 3.8) is 0 Å². The molecule has 0 N–H and O–H groups in total. The molecule has 4 aromatic carbocycles. The van der Waals surface area contributed by atoms with Gasteiger partial charge in [-0.15, -0.1) is 0 Å². The molecule has 1 aliphatic carbocycles. The van der Waals surface area contributed by atoms with Crippen molar-refractivity contribution in [1.82, 2.24) is 0 Å². The summed E-state index contributed by atoms with van der Waals surface area (Å²) in [5.41, 5.74) is 4.94. The van der Waals surface area contributed by atoms with E-state index in [2.05, 4.69) is 0 Å². The SMILES string of the molecule is O=[N+]([O-])c1ccc(N(Cc2ccccc2)N=C2c3ccccc3-c3ccccc32)c([N+](=O)[O-])c1. The number of nitro groups is 2. The Bertz CT molecular complexity index is 1400. The summed E-state index contributed by atoms with van der Waals surface area (Å²) >= 11 is 0. The highest BCUT2D eigenvalue weighted by atomic mass is 16.6. The van der Waals surface area contributed by atoms with Gasteiger partial charge in [0.1, 0.15) is 5.69 Å². The molecule has 4 aromatic rings. The van der Waals surface area contributed by atoms with E-state index in [0.717, 1.165) is 33.9 Å². The molecule has 8 heteroatoms. The first kappa shape index (κ1) is 21.0. The lowest BCUT2D eigenvalue weighted by Crippen LogP contribution is -2.20. The third-order valence-corrected chi connectivity index (χ3v) is 5.70. The van der Waals surface area contributed by atoms with Crippen LogP contribution in [-0.2, 0) is 6.54 Å². The fraction of sp³-hybridized carbons (Fsp3) is 0.0385. The molecular formula is C26H18N4O4. The lowest BCUT2D eigenvalue weighted by molar-refractivity contribution is -0.393. The fourth-order valence-corrected chi connectivity index (χ4v) is 4.14. The zero-order chi connectivity index (χ0) is 23.7. The molecule has 1 aliphatic rings. The van der Waals surface area contributed by atoms with Crippen LogP contribution >= 0.6 is 0 Å². The zero-order valence-electron chi connectivity index (χ0n) is 17.9. The van der Waals surface area contributed by atoms with E-state index in [1.165, 1.54) is 12.1 Å². The summed E-state index contributed by atoms with van der Waals surface area (Å²) < 4.78 is 0. The van der Waals surface area contributed by atoms with Crippen molar-refractivity contribution in [2.75, 3.05) is 5.01 Å². The standard InChI is InChI=1S/C26H18N4O4/c31-29(32)19-14-15-24(25(16-19)30(33)34)28(17-18-8-2-1-3-9-18)27-26-22-12-6-4-10-20(22)21-11-5-7-13-23(21)26/h1-16H,17H2.